The van der Waals surface area contributed by atoms with Crippen molar-refractivity contribution in [2.75, 3.05) is 0 Å². The molecule has 1 N–H and O–H groups in total. The van der Waals surface area contributed by atoms with E-state index in [1.165, 1.54) is 16.8 Å². The first-order valence-electron chi connectivity index (χ1n) is 9.67. The molecule has 0 aliphatic heterocycles. The zero-order chi connectivity index (χ0) is 21.6. The van der Waals surface area contributed by atoms with Crippen LogP contribution in [-0.4, -0.2) is 25.9 Å². The van der Waals surface area contributed by atoms with Crippen LogP contribution in [0.4, 0.5) is 13.2 Å². The number of fused-ring (bicyclic) bond motifs is 1. The first-order valence-corrected chi connectivity index (χ1v) is 9.67. The van der Waals surface area contributed by atoms with Gasteiger partial charge in [-0.15, -0.1) is 5.10 Å². The van der Waals surface area contributed by atoms with Crippen molar-refractivity contribution in [3.8, 4) is 16.8 Å². The second-order valence-electron chi connectivity index (χ2n) is 7.89. The normalized spacial score (nSPS) is 16.2. The number of nitrogens with zero attached hydrogens (tertiary/aromatic N) is 3. The van der Waals surface area contributed by atoms with Gasteiger partial charge in [-0.2, -0.15) is 0 Å². The molecule has 30 heavy (non-hydrogen) atoms. The molecule has 0 bridgehead atoms. The summed E-state index contributed by atoms with van der Waals surface area (Å²) in [4.78, 5) is 12.4. The van der Waals surface area contributed by atoms with Crippen molar-refractivity contribution in [2.45, 2.75) is 33.3 Å². The molecule has 1 aliphatic rings. The number of hydrogen-bond donors (Lipinski definition) is 1. The van der Waals surface area contributed by atoms with Crippen molar-refractivity contribution in [1.82, 2.24) is 15.0 Å². The van der Waals surface area contributed by atoms with Crippen LogP contribution in [0.5, 0.6) is 0 Å². The summed E-state index contributed by atoms with van der Waals surface area (Å²) in [6.07, 6.45) is 0.884. The number of aromatic nitrogens is 3. The van der Waals surface area contributed by atoms with Gasteiger partial charge in [-0.3, -0.25) is 4.79 Å². The van der Waals surface area contributed by atoms with Crippen LogP contribution >= 0.6 is 0 Å². The lowest BCUT2D eigenvalue weighted by Gasteiger charge is -2.24. The standard InChI is InChI=1S/C22H20F3N3O2/c1-11(2)13-6-19-22(20(30)7-13)26-27-28(19)14-8-17(24)21(18(25)9-14)15-5-12(10-29)3-4-16(15)23/h3-5,8-9,11,13,29H,6-7,10H2,1-2H3/t13-/m1/s1. The summed E-state index contributed by atoms with van der Waals surface area (Å²) in [7, 11) is 0. The Morgan fingerprint density at radius 2 is 1.80 bits per heavy atom. The van der Waals surface area contributed by atoms with Crippen LogP contribution in [0.1, 0.15) is 42.0 Å². The maximum atomic E-state index is 14.9. The predicted octanol–water partition coefficient (Wildman–Crippen LogP) is 4.25. The molecule has 0 fully saturated rings. The Balaban J connectivity index is 1.80. The first-order chi connectivity index (χ1) is 14.3. The highest BCUT2D eigenvalue weighted by atomic mass is 19.1. The van der Waals surface area contributed by atoms with E-state index in [1.54, 1.807) is 0 Å². The number of aliphatic hydroxyl groups excluding tert-OH is 1. The molecule has 1 atom stereocenters. The summed E-state index contributed by atoms with van der Waals surface area (Å²) in [5.74, 6) is -2.56. The molecule has 4 rings (SSSR count). The number of rotatable bonds is 4. The van der Waals surface area contributed by atoms with Crippen LogP contribution in [0.3, 0.4) is 0 Å². The molecule has 0 saturated carbocycles. The molecule has 0 spiro atoms. The molecule has 0 amide bonds. The van der Waals surface area contributed by atoms with Gasteiger partial charge >= 0.3 is 0 Å². The Labute approximate surface area is 171 Å². The highest BCUT2D eigenvalue weighted by Gasteiger charge is 2.32. The molecule has 3 aromatic rings. The molecule has 1 aliphatic carbocycles. The van der Waals surface area contributed by atoms with Gasteiger partial charge in [0.05, 0.1) is 23.6 Å². The lowest BCUT2D eigenvalue weighted by atomic mass is 9.81. The number of carbonyl (C=O) groups excluding carboxylic acids is 1. The maximum absolute atomic E-state index is 14.9. The van der Waals surface area contributed by atoms with E-state index in [4.69, 9.17) is 0 Å². The summed E-state index contributed by atoms with van der Waals surface area (Å²) in [5, 5.41) is 17.1. The lowest BCUT2D eigenvalue weighted by molar-refractivity contribution is 0.0927. The van der Waals surface area contributed by atoms with Crippen LogP contribution in [0.25, 0.3) is 16.8 Å². The fourth-order valence-electron chi connectivity index (χ4n) is 3.84. The van der Waals surface area contributed by atoms with E-state index in [-0.39, 0.29) is 41.2 Å². The monoisotopic (exact) mass is 415 g/mol. The van der Waals surface area contributed by atoms with Crippen molar-refractivity contribution >= 4 is 5.78 Å². The molecule has 8 heteroatoms. The molecular formula is C22H20F3N3O2. The quantitative estimate of drug-likeness (QED) is 0.692. The Bertz CT molecular complexity index is 1120. The summed E-state index contributed by atoms with van der Waals surface area (Å²) >= 11 is 0. The second kappa shape index (κ2) is 7.68. The van der Waals surface area contributed by atoms with E-state index < -0.39 is 23.0 Å². The molecule has 0 unspecified atom stereocenters. The van der Waals surface area contributed by atoms with Crippen molar-refractivity contribution in [2.24, 2.45) is 11.8 Å². The summed E-state index contributed by atoms with van der Waals surface area (Å²) in [6, 6.07) is 5.69. The average Bonchev–Trinajstić information content (AvgIpc) is 3.13. The van der Waals surface area contributed by atoms with Crippen LogP contribution in [0.15, 0.2) is 30.3 Å². The van der Waals surface area contributed by atoms with E-state index >= 15 is 0 Å². The largest absolute Gasteiger partial charge is 0.392 e. The van der Waals surface area contributed by atoms with Gasteiger partial charge in [-0.25, -0.2) is 17.9 Å². The number of ketones is 1. The average molecular weight is 415 g/mol. The third-order valence-corrected chi connectivity index (χ3v) is 5.63. The third-order valence-electron chi connectivity index (χ3n) is 5.63. The number of benzene rings is 2. The van der Waals surface area contributed by atoms with Crippen molar-refractivity contribution in [1.29, 1.82) is 0 Å². The zero-order valence-corrected chi connectivity index (χ0v) is 16.5. The number of aliphatic hydroxyl groups is 1. The summed E-state index contributed by atoms with van der Waals surface area (Å²) in [5.41, 5.74) is 0.329. The molecule has 0 saturated heterocycles. The molecule has 156 valence electrons. The minimum absolute atomic E-state index is 0.0680. The van der Waals surface area contributed by atoms with E-state index in [0.717, 1.165) is 18.2 Å². The zero-order valence-electron chi connectivity index (χ0n) is 16.5. The van der Waals surface area contributed by atoms with Crippen LogP contribution in [0, 0.1) is 29.3 Å². The van der Waals surface area contributed by atoms with Gasteiger partial charge in [0, 0.05) is 24.1 Å². The Hall–Kier alpha value is -3.00. The smallest absolute Gasteiger partial charge is 0.185 e. The van der Waals surface area contributed by atoms with Crippen LogP contribution in [-0.2, 0) is 13.0 Å². The minimum atomic E-state index is -0.981. The van der Waals surface area contributed by atoms with Gasteiger partial charge in [0.1, 0.15) is 17.5 Å². The van der Waals surface area contributed by atoms with Crippen LogP contribution in [0.2, 0.25) is 0 Å². The van der Waals surface area contributed by atoms with Gasteiger partial charge in [0.2, 0.25) is 0 Å². The topological polar surface area (TPSA) is 68.0 Å². The van der Waals surface area contributed by atoms with Crippen molar-refractivity contribution in [3.63, 3.8) is 0 Å². The van der Waals surface area contributed by atoms with Gasteiger partial charge in [-0.1, -0.05) is 25.1 Å². The highest BCUT2D eigenvalue weighted by molar-refractivity contribution is 5.96. The van der Waals surface area contributed by atoms with Gasteiger partial charge < -0.3 is 5.11 Å². The van der Waals surface area contributed by atoms with Crippen molar-refractivity contribution < 1.29 is 23.1 Å². The fourth-order valence-corrected chi connectivity index (χ4v) is 3.84. The number of halogens is 3. The molecule has 0 radical (unpaired) electrons. The van der Waals surface area contributed by atoms with E-state index in [9.17, 15) is 23.1 Å². The minimum Gasteiger partial charge on any atom is -0.392 e. The maximum Gasteiger partial charge on any atom is 0.185 e. The number of carbonyl (C=O) groups is 1. The first kappa shape index (κ1) is 20.3. The summed E-state index contributed by atoms with van der Waals surface area (Å²) in [6.45, 7) is 3.64. The molecule has 1 aromatic heterocycles. The second-order valence-corrected chi connectivity index (χ2v) is 7.89. The van der Waals surface area contributed by atoms with Gasteiger partial charge in [0.15, 0.2) is 11.5 Å². The van der Waals surface area contributed by atoms with E-state index in [0.29, 0.717) is 24.1 Å². The third kappa shape index (κ3) is 3.41. The van der Waals surface area contributed by atoms with Crippen LogP contribution < -0.4 is 0 Å². The highest BCUT2D eigenvalue weighted by Crippen LogP contribution is 2.34. The predicted molar refractivity (Wildman–Crippen MR) is 104 cm³/mol. The fraction of sp³-hybridized carbons (Fsp3) is 0.318. The van der Waals surface area contributed by atoms with Gasteiger partial charge in [-0.05, 0) is 36.0 Å². The lowest BCUT2D eigenvalue weighted by Crippen LogP contribution is -2.25. The number of hydrogen-bond acceptors (Lipinski definition) is 4. The molecule has 1 heterocycles. The Kier molecular flexibility index (Phi) is 5.19. The van der Waals surface area contributed by atoms with E-state index in [1.807, 2.05) is 13.8 Å². The van der Waals surface area contributed by atoms with Crippen molar-refractivity contribution in [3.05, 3.63) is 64.7 Å². The van der Waals surface area contributed by atoms with Gasteiger partial charge in [0.25, 0.3) is 0 Å². The summed E-state index contributed by atoms with van der Waals surface area (Å²) < 4.78 is 45.3. The molecule has 2 aromatic carbocycles. The van der Waals surface area contributed by atoms with E-state index in [2.05, 4.69) is 10.3 Å². The molecular weight excluding hydrogens is 395 g/mol. The SMILES string of the molecule is CC(C)[C@H]1CC(=O)c2nnn(-c3cc(F)c(-c4cc(CO)ccc4F)c(F)c3)c2C1. The Morgan fingerprint density at radius 3 is 2.43 bits per heavy atom. The number of Topliss-reactive ketones (excluding diaryl/α,β-unsaturated/α-hetero) is 1. The Morgan fingerprint density at radius 1 is 1.10 bits per heavy atom. The molecule has 5 nitrogen and oxygen atoms in total.